The predicted molar refractivity (Wildman–Crippen MR) is 54.3 cm³/mol. The number of nitrogens with one attached hydrogen (secondary N) is 2. The highest BCUT2D eigenvalue weighted by Gasteiger charge is 2.15. The molecule has 0 saturated carbocycles. The van der Waals surface area contributed by atoms with Crippen molar-refractivity contribution in [1.82, 2.24) is 0 Å². The summed E-state index contributed by atoms with van der Waals surface area (Å²) in [6, 6.07) is 5.57. The number of carbonyl (C=O) groups is 1. The standard InChI is InChI=1S/C9H10N2O2.2H2/c1-10-6-2-3-8-7(4-6)11-9(12)5-13-8;;/h2-4,10H,5H2,1H3,(H,11,12);2*1H. The molecule has 2 rings (SSSR count). The van der Waals surface area contributed by atoms with Crippen LogP contribution in [0.5, 0.6) is 5.75 Å². The molecule has 0 radical (unpaired) electrons. The van der Waals surface area contributed by atoms with Crippen LogP contribution in [0, 0.1) is 0 Å². The Morgan fingerprint density at radius 1 is 1.62 bits per heavy atom. The quantitative estimate of drug-likeness (QED) is 0.692. The van der Waals surface area contributed by atoms with Crippen LogP contribution in [0.1, 0.15) is 2.85 Å². The Morgan fingerprint density at radius 2 is 2.46 bits per heavy atom. The van der Waals surface area contributed by atoms with Crippen LogP contribution in [0.4, 0.5) is 11.4 Å². The van der Waals surface area contributed by atoms with E-state index in [0.717, 1.165) is 17.1 Å². The summed E-state index contributed by atoms with van der Waals surface area (Å²) in [6.45, 7) is 0.103. The van der Waals surface area contributed by atoms with Crippen LogP contribution < -0.4 is 15.4 Å². The van der Waals surface area contributed by atoms with Crippen molar-refractivity contribution in [2.45, 2.75) is 0 Å². The summed E-state index contributed by atoms with van der Waals surface area (Å²) < 4.78 is 5.20. The normalized spacial score (nSPS) is 14.1. The van der Waals surface area contributed by atoms with E-state index in [1.165, 1.54) is 0 Å². The van der Waals surface area contributed by atoms with Gasteiger partial charge >= 0.3 is 0 Å². The number of hydrogen-bond acceptors (Lipinski definition) is 3. The van der Waals surface area contributed by atoms with Gasteiger partial charge in [-0.2, -0.15) is 0 Å². The molecule has 1 aliphatic heterocycles. The first-order chi connectivity index (χ1) is 6.29. The van der Waals surface area contributed by atoms with E-state index in [1.807, 2.05) is 25.2 Å². The van der Waals surface area contributed by atoms with Crippen molar-refractivity contribution in [3.8, 4) is 5.75 Å². The fourth-order valence-electron chi connectivity index (χ4n) is 1.24. The largest absolute Gasteiger partial charge is 0.482 e. The number of carbonyl (C=O) groups excluding carboxylic acids is 1. The highest BCUT2D eigenvalue weighted by atomic mass is 16.5. The van der Waals surface area contributed by atoms with Crippen LogP contribution in [0.25, 0.3) is 0 Å². The third-order valence-corrected chi connectivity index (χ3v) is 1.90. The first-order valence-corrected chi connectivity index (χ1v) is 4.04. The first kappa shape index (κ1) is 7.91. The van der Waals surface area contributed by atoms with E-state index in [9.17, 15) is 4.79 Å². The fourth-order valence-corrected chi connectivity index (χ4v) is 1.24. The number of fused-ring (bicyclic) bond motifs is 1. The molecular weight excluding hydrogens is 168 g/mol. The zero-order chi connectivity index (χ0) is 9.26. The summed E-state index contributed by atoms with van der Waals surface area (Å²) in [6.07, 6.45) is 0. The number of benzene rings is 1. The van der Waals surface area contributed by atoms with Crippen LogP contribution in [0.3, 0.4) is 0 Å². The smallest absolute Gasteiger partial charge is 0.262 e. The van der Waals surface area contributed by atoms with Crippen molar-refractivity contribution in [2.75, 3.05) is 24.3 Å². The van der Waals surface area contributed by atoms with Gasteiger partial charge in [0.1, 0.15) is 5.75 Å². The van der Waals surface area contributed by atoms with Crippen LogP contribution in [-0.4, -0.2) is 19.6 Å². The Morgan fingerprint density at radius 3 is 3.23 bits per heavy atom. The van der Waals surface area contributed by atoms with E-state index in [4.69, 9.17) is 4.74 Å². The molecule has 0 aromatic heterocycles. The number of anilines is 2. The highest BCUT2D eigenvalue weighted by Crippen LogP contribution is 2.29. The molecule has 1 aromatic carbocycles. The molecule has 72 valence electrons. The first-order valence-electron chi connectivity index (χ1n) is 4.04. The number of ether oxygens (including phenoxy) is 1. The van der Waals surface area contributed by atoms with Crippen molar-refractivity contribution in [2.24, 2.45) is 0 Å². The molecule has 1 aromatic rings. The number of hydrogen-bond donors (Lipinski definition) is 2. The summed E-state index contributed by atoms with van der Waals surface area (Å²) in [5.41, 5.74) is 1.67. The third-order valence-electron chi connectivity index (χ3n) is 1.90. The molecule has 4 nitrogen and oxygen atoms in total. The maximum Gasteiger partial charge on any atom is 0.262 e. The van der Waals surface area contributed by atoms with Gasteiger partial charge in [-0.15, -0.1) is 0 Å². The van der Waals surface area contributed by atoms with Gasteiger partial charge in [0.2, 0.25) is 0 Å². The van der Waals surface area contributed by atoms with Gasteiger partial charge in [-0.25, -0.2) is 0 Å². The molecule has 1 heterocycles. The average Bonchev–Trinajstić information content (AvgIpc) is 2.16. The van der Waals surface area contributed by atoms with Gasteiger partial charge in [-0.05, 0) is 18.2 Å². The summed E-state index contributed by atoms with van der Waals surface area (Å²) in [4.78, 5) is 11.0. The van der Waals surface area contributed by atoms with Crippen LogP contribution in [0.2, 0.25) is 0 Å². The van der Waals surface area contributed by atoms with Gasteiger partial charge in [-0.1, -0.05) is 0 Å². The zero-order valence-electron chi connectivity index (χ0n) is 7.26. The topological polar surface area (TPSA) is 50.4 Å². The number of rotatable bonds is 1. The molecular formula is C9H14N2O2. The van der Waals surface area contributed by atoms with Crippen molar-refractivity contribution in [1.29, 1.82) is 0 Å². The molecule has 1 aliphatic rings. The lowest BCUT2D eigenvalue weighted by molar-refractivity contribution is -0.118. The van der Waals surface area contributed by atoms with Crippen molar-refractivity contribution in [3.05, 3.63) is 18.2 Å². The Labute approximate surface area is 78.9 Å². The molecule has 13 heavy (non-hydrogen) atoms. The minimum atomic E-state index is -0.110. The molecule has 2 N–H and O–H groups in total. The van der Waals surface area contributed by atoms with E-state index in [0.29, 0.717) is 0 Å². The molecule has 0 spiro atoms. The zero-order valence-corrected chi connectivity index (χ0v) is 7.26. The van der Waals surface area contributed by atoms with Crippen LogP contribution in [0.15, 0.2) is 18.2 Å². The maximum atomic E-state index is 11.0. The highest BCUT2D eigenvalue weighted by molar-refractivity contribution is 5.95. The minimum absolute atomic E-state index is 0. The van der Waals surface area contributed by atoms with Gasteiger partial charge in [0.05, 0.1) is 5.69 Å². The summed E-state index contributed by atoms with van der Waals surface area (Å²) in [5.74, 6) is 0.611. The molecule has 0 fully saturated rings. The molecule has 4 heteroatoms. The molecule has 0 aliphatic carbocycles. The monoisotopic (exact) mass is 182 g/mol. The molecule has 1 amide bonds. The maximum absolute atomic E-state index is 11.0. The third kappa shape index (κ3) is 1.42. The Kier molecular flexibility index (Phi) is 1.81. The lowest BCUT2D eigenvalue weighted by atomic mass is 10.2. The van der Waals surface area contributed by atoms with Crippen LogP contribution in [-0.2, 0) is 4.79 Å². The van der Waals surface area contributed by atoms with Crippen molar-refractivity contribution >= 4 is 17.3 Å². The van der Waals surface area contributed by atoms with Gasteiger partial charge in [0.15, 0.2) is 6.61 Å². The molecule has 0 saturated heterocycles. The van der Waals surface area contributed by atoms with E-state index in [1.54, 1.807) is 0 Å². The van der Waals surface area contributed by atoms with E-state index >= 15 is 0 Å². The SMILES string of the molecule is CNc1ccc2c(c1)NC(=O)CO2.[HH].[HH]. The Bertz CT molecular complexity index is 358. The van der Waals surface area contributed by atoms with Gasteiger partial charge in [0, 0.05) is 15.6 Å². The van der Waals surface area contributed by atoms with Crippen molar-refractivity contribution in [3.63, 3.8) is 0 Å². The molecule has 0 atom stereocenters. The second-order valence-corrected chi connectivity index (χ2v) is 2.80. The van der Waals surface area contributed by atoms with Gasteiger partial charge in [0.25, 0.3) is 5.91 Å². The van der Waals surface area contributed by atoms with Crippen LogP contribution >= 0.6 is 0 Å². The summed E-state index contributed by atoms with van der Waals surface area (Å²) in [5, 5.41) is 5.72. The van der Waals surface area contributed by atoms with Crippen molar-refractivity contribution < 1.29 is 12.4 Å². The summed E-state index contributed by atoms with van der Waals surface area (Å²) in [7, 11) is 1.83. The Hall–Kier alpha value is -1.71. The molecule has 0 bridgehead atoms. The average molecular weight is 182 g/mol. The summed E-state index contributed by atoms with van der Waals surface area (Å²) >= 11 is 0. The second-order valence-electron chi connectivity index (χ2n) is 2.80. The molecule has 0 unspecified atom stereocenters. The van der Waals surface area contributed by atoms with E-state index in [-0.39, 0.29) is 15.4 Å². The number of amides is 1. The van der Waals surface area contributed by atoms with E-state index < -0.39 is 0 Å². The predicted octanol–water partition coefficient (Wildman–Crippen LogP) is 1.55. The fraction of sp³-hybridized carbons (Fsp3) is 0.222. The van der Waals surface area contributed by atoms with Gasteiger partial charge < -0.3 is 15.4 Å². The second kappa shape index (κ2) is 2.97. The van der Waals surface area contributed by atoms with Gasteiger partial charge in [-0.3, -0.25) is 4.79 Å². The Balaban J connectivity index is 0.000000980. The lowest BCUT2D eigenvalue weighted by Gasteiger charge is -2.18. The minimum Gasteiger partial charge on any atom is -0.482 e. The van der Waals surface area contributed by atoms with E-state index in [2.05, 4.69) is 10.6 Å². The lowest BCUT2D eigenvalue weighted by Crippen LogP contribution is -2.25.